The van der Waals surface area contributed by atoms with Crippen molar-refractivity contribution in [3.63, 3.8) is 0 Å². The first kappa shape index (κ1) is 30.4. The van der Waals surface area contributed by atoms with Crippen molar-refractivity contribution >= 4 is 86.0 Å². The first-order valence-corrected chi connectivity index (χ1v) is 19.4. The minimum Gasteiger partial charge on any atom is -0.309 e. The number of benzene rings is 8. The van der Waals surface area contributed by atoms with Crippen molar-refractivity contribution in [3.8, 4) is 34.0 Å². The van der Waals surface area contributed by atoms with Crippen LogP contribution in [0.4, 0.5) is 0 Å². The fraction of sp³-hybridized carbons (Fsp3) is 0. The van der Waals surface area contributed by atoms with Crippen LogP contribution in [0.2, 0.25) is 0 Å². The summed E-state index contributed by atoms with van der Waals surface area (Å²) >= 11 is 1.73. The first-order valence-electron chi connectivity index (χ1n) is 18.6. The van der Waals surface area contributed by atoms with E-state index in [4.69, 9.17) is 9.97 Å². The van der Waals surface area contributed by atoms with Crippen molar-refractivity contribution in [1.82, 2.24) is 19.1 Å². The lowest BCUT2D eigenvalue weighted by molar-refractivity contribution is 1.17. The zero-order valence-corrected chi connectivity index (χ0v) is 30.3. The van der Waals surface area contributed by atoms with E-state index in [2.05, 4.69) is 191 Å². The smallest absolute Gasteiger partial charge is 0.161 e. The van der Waals surface area contributed by atoms with Crippen LogP contribution in [0.3, 0.4) is 0 Å². The molecule has 0 unspecified atom stereocenters. The van der Waals surface area contributed by atoms with Crippen LogP contribution in [0.25, 0.3) is 109 Å². The van der Waals surface area contributed by atoms with Gasteiger partial charge in [0.2, 0.25) is 0 Å². The Labute approximate surface area is 319 Å². The zero-order chi connectivity index (χ0) is 36.0. The number of rotatable bonds is 4. The maximum atomic E-state index is 5.43. The minimum atomic E-state index is 0.721. The second-order valence-electron chi connectivity index (χ2n) is 14.2. The number of aromatic nitrogens is 4. The van der Waals surface area contributed by atoms with Gasteiger partial charge in [0.1, 0.15) is 4.83 Å². The van der Waals surface area contributed by atoms with Crippen LogP contribution in [0.15, 0.2) is 182 Å². The fourth-order valence-corrected chi connectivity index (χ4v) is 9.70. The molecule has 4 heterocycles. The van der Waals surface area contributed by atoms with E-state index in [0.717, 1.165) is 49.8 Å². The van der Waals surface area contributed by atoms with Gasteiger partial charge >= 0.3 is 0 Å². The maximum Gasteiger partial charge on any atom is 0.161 e. The number of hydrogen-bond donors (Lipinski definition) is 0. The van der Waals surface area contributed by atoms with Crippen molar-refractivity contribution in [1.29, 1.82) is 0 Å². The molecule has 8 aromatic carbocycles. The molecule has 0 N–H and O–H groups in total. The highest BCUT2D eigenvalue weighted by Crippen LogP contribution is 2.41. The summed E-state index contributed by atoms with van der Waals surface area (Å²) in [6.07, 6.45) is 0. The summed E-state index contributed by atoms with van der Waals surface area (Å²) < 4.78 is 5.95. The molecule has 55 heavy (non-hydrogen) atoms. The van der Waals surface area contributed by atoms with Crippen LogP contribution in [0.5, 0.6) is 0 Å². The SMILES string of the molecule is c1ccc(-n2c3ccccc3c3ccc(-c4nc(-c5ccc(-n6c7ccccc7c7cc8ccccc8cc76)cc5)c5c(n4)sc4ccccc45)cc32)cc1. The zero-order valence-electron chi connectivity index (χ0n) is 29.5. The summed E-state index contributed by atoms with van der Waals surface area (Å²) in [5, 5.41) is 9.71. The van der Waals surface area contributed by atoms with Gasteiger partial charge in [-0.3, -0.25) is 0 Å². The Hall–Kier alpha value is -7.08. The monoisotopic (exact) mass is 718 g/mol. The van der Waals surface area contributed by atoms with E-state index in [1.165, 1.54) is 59.0 Å². The second kappa shape index (κ2) is 11.7. The third kappa shape index (κ3) is 4.57. The number of fused-ring (bicyclic) bond motifs is 10. The molecule has 5 heteroatoms. The Kier molecular flexibility index (Phi) is 6.47. The predicted octanol–water partition coefficient (Wildman–Crippen LogP) is 13.5. The van der Waals surface area contributed by atoms with Gasteiger partial charge in [-0.2, -0.15) is 0 Å². The Morgan fingerprint density at radius 2 is 0.945 bits per heavy atom. The molecule has 0 saturated heterocycles. The quantitative estimate of drug-likeness (QED) is 0.182. The lowest BCUT2D eigenvalue weighted by atomic mass is 10.0. The third-order valence-electron chi connectivity index (χ3n) is 11.1. The summed E-state index contributed by atoms with van der Waals surface area (Å²) in [6.45, 7) is 0. The lowest BCUT2D eigenvalue weighted by Crippen LogP contribution is -1.97. The van der Waals surface area contributed by atoms with E-state index >= 15 is 0 Å². The van der Waals surface area contributed by atoms with Crippen LogP contribution in [0.1, 0.15) is 0 Å². The molecule has 0 atom stereocenters. The summed E-state index contributed by atoms with van der Waals surface area (Å²) in [7, 11) is 0. The van der Waals surface area contributed by atoms with Crippen LogP contribution >= 0.6 is 11.3 Å². The highest BCUT2D eigenvalue weighted by atomic mass is 32.1. The van der Waals surface area contributed by atoms with Crippen molar-refractivity contribution in [2.45, 2.75) is 0 Å². The molecule has 12 aromatic rings. The van der Waals surface area contributed by atoms with Crippen LogP contribution < -0.4 is 0 Å². The van der Waals surface area contributed by atoms with E-state index in [0.29, 0.717) is 0 Å². The van der Waals surface area contributed by atoms with E-state index in [-0.39, 0.29) is 0 Å². The van der Waals surface area contributed by atoms with Gasteiger partial charge in [0.25, 0.3) is 0 Å². The number of hydrogen-bond acceptors (Lipinski definition) is 3. The highest BCUT2D eigenvalue weighted by molar-refractivity contribution is 7.25. The summed E-state index contributed by atoms with van der Waals surface area (Å²) in [6, 6.07) is 65.4. The van der Waals surface area contributed by atoms with E-state index < -0.39 is 0 Å². The maximum absolute atomic E-state index is 5.43. The molecule has 4 nitrogen and oxygen atoms in total. The lowest BCUT2D eigenvalue weighted by Gasteiger charge is -2.12. The van der Waals surface area contributed by atoms with E-state index in [1.54, 1.807) is 11.3 Å². The van der Waals surface area contributed by atoms with Crippen molar-refractivity contribution in [2.75, 3.05) is 0 Å². The molecule has 0 radical (unpaired) electrons. The molecule has 0 aliphatic heterocycles. The van der Waals surface area contributed by atoms with Crippen LogP contribution in [0, 0.1) is 0 Å². The standard InChI is InChI=1S/C50H30N4S/c1-2-14-35(15-3-1)53-42-19-9-6-16-37(42)39-27-24-34(30-44(39)53)49-51-48(47-40-18-8-11-21-46(40)55-50(47)52-49)31-22-25-36(26-23-31)54-43-20-10-7-17-38(43)41-28-32-12-4-5-13-33(32)29-45(41)54/h1-30H. The Bertz CT molecular complexity index is 3480. The first-order chi connectivity index (χ1) is 27.3. The van der Waals surface area contributed by atoms with Crippen LogP contribution in [-0.4, -0.2) is 19.1 Å². The molecule has 0 fully saturated rings. The van der Waals surface area contributed by atoms with Gasteiger partial charge in [0.05, 0.1) is 27.8 Å². The Morgan fingerprint density at radius 1 is 0.382 bits per heavy atom. The largest absolute Gasteiger partial charge is 0.309 e. The van der Waals surface area contributed by atoms with Gasteiger partial charge in [-0.05, 0) is 71.4 Å². The number of thiophene rings is 1. The summed E-state index contributed by atoms with van der Waals surface area (Å²) in [5.74, 6) is 0.721. The summed E-state index contributed by atoms with van der Waals surface area (Å²) in [4.78, 5) is 11.7. The van der Waals surface area contributed by atoms with Gasteiger partial charge in [-0.25, -0.2) is 9.97 Å². The average Bonchev–Trinajstić information content (AvgIpc) is 3.90. The molecule has 256 valence electrons. The van der Waals surface area contributed by atoms with Gasteiger partial charge in [0.15, 0.2) is 5.82 Å². The molecule has 0 amide bonds. The molecule has 0 bridgehead atoms. The minimum absolute atomic E-state index is 0.721. The molecule has 0 saturated carbocycles. The third-order valence-corrected chi connectivity index (χ3v) is 12.2. The van der Waals surface area contributed by atoms with Gasteiger partial charge in [-0.1, -0.05) is 121 Å². The molecule has 0 aliphatic rings. The topological polar surface area (TPSA) is 35.6 Å². The Morgan fingerprint density at radius 3 is 1.71 bits per heavy atom. The normalized spacial score (nSPS) is 12.0. The molecule has 0 aliphatic carbocycles. The Balaban J connectivity index is 1.06. The molecule has 0 spiro atoms. The van der Waals surface area contributed by atoms with Crippen molar-refractivity contribution in [3.05, 3.63) is 182 Å². The number of nitrogens with zero attached hydrogens (tertiary/aromatic N) is 4. The molecule has 4 aromatic heterocycles. The summed E-state index contributed by atoms with van der Waals surface area (Å²) in [5.41, 5.74) is 9.95. The average molecular weight is 719 g/mol. The predicted molar refractivity (Wildman–Crippen MR) is 232 cm³/mol. The molecule has 12 rings (SSSR count). The fourth-order valence-electron chi connectivity index (χ4n) is 8.63. The van der Waals surface area contributed by atoms with Gasteiger partial charge in [0, 0.05) is 59.5 Å². The van der Waals surface area contributed by atoms with Crippen LogP contribution in [-0.2, 0) is 0 Å². The van der Waals surface area contributed by atoms with Gasteiger partial charge in [-0.15, -0.1) is 11.3 Å². The highest BCUT2D eigenvalue weighted by Gasteiger charge is 2.20. The van der Waals surface area contributed by atoms with E-state index in [1.807, 2.05) is 0 Å². The van der Waals surface area contributed by atoms with E-state index in [9.17, 15) is 0 Å². The molecular formula is C50H30N4S. The van der Waals surface area contributed by atoms with Gasteiger partial charge < -0.3 is 9.13 Å². The number of para-hydroxylation sites is 3. The van der Waals surface area contributed by atoms with Crippen molar-refractivity contribution < 1.29 is 0 Å². The second-order valence-corrected chi connectivity index (χ2v) is 15.2. The molecular weight excluding hydrogens is 689 g/mol. The van der Waals surface area contributed by atoms with Crippen molar-refractivity contribution in [2.24, 2.45) is 0 Å².